The Hall–Kier alpha value is -1.89. The Bertz CT molecular complexity index is 834. The van der Waals surface area contributed by atoms with Crippen LogP contribution in [0.3, 0.4) is 0 Å². The fraction of sp³-hybridized carbons (Fsp3) is 0.188. The molecular weight excluding hydrogens is 371 g/mol. The largest absolute Gasteiger partial charge is 0.461 e. The molecule has 0 unspecified atom stereocenters. The summed E-state index contributed by atoms with van der Waals surface area (Å²) in [7, 11) is 0. The first kappa shape index (κ1) is 17.0. The van der Waals surface area contributed by atoms with Gasteiger partial charge in [-0.2, -0.15) is 4.98 Å². The second-order valence-corrected chi connectivity index (χ2v) is 6.66. The average Bonchev–Trinajstić information content (AvgIpc) is 3.25. The molecule has 0 bridgehead atoms. The lowest BCUT2D eigenvalue weighted by Crippen LogP contribution is -2.06. The van der Waals surface area contributed by atoms with Crippen molar-refractivity contribution in [1.82, 2.24) is 10.1 Å². The summed E-state index contributed by atoms with van der Waals surface area (Å²) in [6.07, 6.45) is 0.492. The summed E-state index contributed by atoms with van der Waals surface area (Å²) < 4.78 is 10.3. The summed E-state index contributed by atoms with van der Waals surface area (Å²) >= 11 is 13.3. The fourth-order valence-corrected chi connectivity index (χ4v) is 2.91. The molecule has 0 spiro atoms. The van der Waals surface area contributed by atoms with Crippen molar-refractivity contribution in [3.63, 3.8) is 0 Å². The van der Waals surface area contributed by atoms with E-state index in [0.29, 0.717) is 28.2 Å². The van der Waals surface area contributed by atoms with Crippen LogP contribution in [0, 0.1) is 0 Å². The molecule has 2 aromatic heterocycles. The normalized spacial score (nSPS) is 10.8. The Morgan fingerprint density at radius 1 is 1.25 bits per heavy atom. The van der Waals surface area contributed by atoms with Crippen molar-refractivity contribution < 1.29 is 14.1 Å². The number of halogens is 2. The van der Waals surface area contributed by atoms with Gasteiger partial charge in [0.2, 0.25) is 11.7 Å². The summed E-state index contributed by atoms with van der Waals surface area (Å²) in [4.78, 5) is 17.0. The first-order valence-corrected chi connectivity index (χ1v) is 8.71. The number of carbonyl (C=O) groups excluding carboxylic acids is 1. The zero-order valence-electron chi connectivity index (χ0n) is 12.4. The molecule has 8 heteroatoms. The van der Waals surface area contributed by atoms with Crippen LogP contribution in [0.4, 0.5) is 0 Å². The number of ether oxygens (including phenoxy) is 1. The molecule has 0 saturated carbocycles. The summed E-state index contributed by atoms with van der Waals surface area (Å²) in [6.45, 7) is 0.139. The molecule has 3 rings (SSSR count). The lowest BCUT2D eigenvalue weighted by Gasteiger charge is -2.05. The number of hydrogen-bond acceptors (Lipinski definition) is 6. The predicted molar refractivity (Wildman–Crippen MR) is 92.2 cm³/mol. The van der Waals surface area contributed by atoms with Gasteiger partial charge in [0, 0.05) is 6.42 Å². The molecule has 24 heavy (non-hydrogen) atoms. The Kier molecular flexibility index (Phi) is 5.50. The van der Waals surface area contributed by atoms with E-state index >= 15 is 0 Å². The van der Waals surface area contributed by atoms with E-state index in [0.717, 1.165) is 10.4 Å². The molecule has 0 aliphatic heterocycles. The van der Waals surface area contributed by atoms with Crippen molar-refractivity contribution >= 4 is 40.5 Å². The summed E-state index contributed by atoms with van der Waals surface area (Å²) in [6, 6.07) is 8.91. The molecule has 0 amide bonds. The molecule has 0 saturated heterocycles. The van der Waals surface area contributed by atoms with Crippen molar-refractivity contribution in [1.29, 1.82) is 0 Å². The van der Waals surface area contributed by atoms with Crippen LogP contribution in [-0.2, 0) is 22.6 Å². The van der Waals surface area contributed by atoms with Gasteiger partial charge >= 0.3 is 5.97 Å². The Balaban J connectivity index is 1.48. The van der Waals surface area contributed by atoms with Gasteiger partial charge in [-0.25, -0.2) is 0 Å². The van der Waals surface area contributed by atoms with E-state index in [-0.39, 0.29) is 19.0 Å². The molecule has 5 nitrogen and oxygen atoms in total. The molecule has 3 aromatic rings. The van der Waals surface area contributed by atoms with Crippen molar-refractivity contribution in [2.45, 2.75) is 19.4 Å². The van der Waals surface area contributed by atoms with Gasteiger partial charge in [0.15, 0.2) is 0 Å². The Labute approximate surface area is 152 Å². The van der Waals surface area contributed by atoms with Crippen molar-refractivity contribution in [3.8, 4) is 10.7 Å². The highest BCUT2D eigenvalue weighted by molar-refractivity contribution is 7.13. The first-order valence-electron chi connectivity index (χ1n) is 7.08. The van der Waals surface area contributed by atoms with Crippen LogP contribution in [0.1, 0.15) is 17.9 Å². The minimum absolute atomic E-state index is 0.139. The highest BCUT2D eigenvalue weighted by atomic mass is 35.5. The maximum atomic E-state index is 11.8. The smallest absolute Gasteiger partial charge is 0.306 e. The van der Waals surface area contributed by atoms with Crippen molar-refractivity contribution in [2.75, 3.05) is 0 Å². The second kappa shape index (κ2) is 7.79. The van der Waals surface area contributed by atoms with Crippen LogP contribution < -0.4 is 0 Å². The zero-order chi connectivity index (χ0) is 16.9. The number of esters is 1. The average molecular weight is 383 g/mol. The SMILES string of the molecule is O=C(CCc1nc(-c2cccs2)no1)OCc1ccc(Cl)c(Cl)c1. The van der Waals surface area contributed by atoms with Crippen LogP contribution >= 0.6 is 34.5 Å². The van der Waals surface area contributed by atoms with E-state index in [1.165, 1.54) is 11.3 Å². The van der Waals surface area contributed by atoms with Gasteiger partial charge in [-0.3, -0.25) is 4.79 Å². The lowest BCUT2D eigenvalue weighted by molar-refractivity contribution is -0.145. The van der Waals surface area contributed by atoms with Crippen molar-refractivity contribution in [2.24, 2.45) is 0 Å². The second-order valence-electron chi connectivity index (χ2n) is 4.90. The van der Waals surface area contributed by atoms with Gasteiger partial charge in [0.25, 0.3) is 0 Å². The Morgan fingerprint density at radius 2 is 2.12 bits per heavy atom. The van der Waals surface area contributed by atoms with Crippen molar-refractivity contribution in [3.05, 3.63) is 57.2 Å². The third kappa shape index (κ3) is 4.35. The molecule has 2 heterocycles. The van der Waals surface area contributed by atoms with Gasteiger partial charge < -0.3 is 9.26 Å². The number of thiophene rings is 1. The quantitative estimate of drug-likeness (QED) is 0.573. The molecule has 124 valence electrons. The van der Waals surface area contributed by atoms with Gasteiger partial charge in [-0.15, -0.1) is 11.3 Å². The summed E-state index contributed by atoms with van der Waals surface area (Å²) in [5.41, 5.74) is 0.774. The van der Waals surface area contributed by atoms with Crippen LogP contribution in [0.15, 0.2) is 40.2 Å². The zero-order valence-corrected chi connectivity index (χ0v) is 14.7. The molecule has 1 aromatic carbocycles. The number of rotatable bonds is 6. The minimum atomic E-state index is -0.350. The minimum Gasteiger partial charge on any atom is -0.461 e. The molecule has 0 atom stereocenters. The number of hydrogen-bond donors (Lipinski definition) is 0. The molecule has 0 fully saturated rings. The predicted octanol–water partition coefficient (Wildman–Crippen LogP) is 4.78. The van der Waals surface area contributed by atoms with Gasteiger partial charge in [-0.05, 0) is 29.1 Å². The van der Waals surface area contributed by atoms with E-state index < -0.39 is 0 Å². The highest BCUT2D eigenvalue weighted by Gasteiger charge is 2.12. The lowest BCUT2D eigenvalue weighted by atomic mass is 10.2. The highest BCUT2D eigenvalue weighted by Crippen LogP contribution is 2.23. The van der Waals surface area contributed by atoms with E-state index in [1.54, 1.807) is 18.2 Å². The van der Waals surface area contributed by atoms with Gasteiger partial charge in [0.05, 0.1) is 21.3 Å². The topological polar surface area (TPSA) is 65.2 Å². The van der Waals surface area contributed by atoms with Crippen LogP contribution in [-0.4, -0.2) is 16.1 Å². The maximum Gasteiger partial charge on any atom is 0.306 e. The van der Waals surface area contributed by atoms with Crippen LogP contribution in [0.25, 0.3) is 10.7 Å². The van der Waals surface area contributed by atoms with Crippen LogP contribution in [0.2, 0.25) is 10.0 Å². The summed E-state index contributed by atoms with van der Waals surface area (Å²) in [5, 5.41) is 6.72. The van der Waals surface area contributed by atoms with Gasteiger partial charge in [-0.1, -0.05) is 40.5 Å². The molecule has 0 aliphatic carbocycles. The third-order valence-corrected chi connectivity index (χ3v) is 4.74. The molecular formula is C16H12Cl2N2O3S. The van der Waals surface area contributed by atoms with E-state index in [1.807, 2.05) is 17.5 Å². The van der Waals surface area contributed by atoms with E-state index in [9.17, 15) is 4.79 Å². The maximum absolute atomic E-state index is 11.8. The Morgan fingerprint density at radius 3 is 2.88 bits per heavy atom. The number of carbonyl (C=O) groups is 1. The summed E-state index contributed by atoms with van der Waals surface area (Å²) in [5.74, 6) is 0.589. The third-order valence-electron chi connectivity index (χ3n) is 3.14. The van der Waals surface area contributed by atoms with Gasteiger partial charge in [0.1, 0.15) is 6.61 Å². The fourth-order valence-electron chi connectivity index (χ4n) is 1.94. The first-order chi connectivity index (χ1) is 11.6. The number of aryl methyl sites for hydroxylation is 1. The molecule has 0 radical (unpaired) electrons. The number of benzene rings is 1. The number of nitrogens with zero attached hydrogens (tertiary/aromatic N) is 2. The van der Waals surface area contributed by atoms with Crippen LogP contribution in [0.5, 0.6) is 0 Å². The monoisotopic (exact) mass is 382 g/mol. The van der Waals surface area contributed by atoms with E-state index in [2.05, 4.69) is 10.1 Å². The number of aromatic nitrogens is 2. The molecule has 0 aliphatic rings. The standard InChI is InChI=1S/C16H12Cl2N2O3S/c17-11-4-3-10(8-12(11)18)9-22-15(21)6-5-14-19-16(20-23-14)13-2-1-7-24-13/h1-4,7-8H,5-6,9H2. The van der Waals surface area contributed by atoms with E-state index in [4.69, 9.17) is 32.5 Å². The molecule has 0 N–H and O–H groups in total.